The van der Waals surface area contributed by atoms with E-state index < -0.39 is 5.41 Å². The van der Waals surface area contributed by atoms with Crippen LogP contribution in [0.4, 0.5) is 0 Å². The number of nitrogens with one attached hydrogen (secondary N) is 1. The molecule has 310 valence electrons. The van der Waals surface area contributed by atoms with Gasteiger partial charge in [0.25, 0.3) is 0 Å². The molecule has 0 aromatic carbocycles. The van der Waals surface area contributed by atoms with Crippen LogP contribution < -0.4 is 5.32 Å². The molecule has 0 aromatic heterocycles. The number of allylic oxidation sites excluding steroid dienone is 8. The fourth-order valence-electron chi connectivity index (χ4n) is 6.42. The summed E-state index contributed by atoms with van der Waals surface area (Å²) in [6.45, 7) is 8.19. The molecule has 1 rings (SSSR count). The van der Waals surface area contributed by atoms with Crippen LogP contribution in [0.25, 0.3) is 0 Å². The van der Waals surface area contributed by atoms with Gasteiger partial charge in [0.1, 0.15) is 19.8 Å². The Kier molecular flexibility index (Phi) is 32.9. The molecule has 0 atom stereocenters. The summed E-state index contributed by atoms with van der Waals surface area (Å²) in [5.41, 5.74) is -0.522. The van der Waals surface area contributed by atoms with E-state index in [-0.39, 0.29) is 43.6 Å². The molecule has 0 radical (unpaired) electrons. The van der Waals surface area contributed by atoms with Gasteiger partial charge < -0.3 is 19.5 Å². The van der Waals surface area contributed by atoms with Crippen molar-refractivity contribution in [3.63, 3.8) is 0 Å². The van der Waals surface area contributed by atoms with E-state index in [2.05, 4.69) is 67.8 Å². The first-order chi connectivity index (χ1) is 26.4. The van der Waals surface area contributed by atoms with E-state index >= 15 is 0 Å². The van der Waals surface area contributed by atoms with Crippen molar-refractivity contribution in [2.45, 2.75) is 188 Å². The maximum atomic E-state index is 13.0. The number of unbranched alkanes of at least 4 members (excludes halogenated alkanes) is 16. The summed E-state index contributed by atoms with van der Waals surface area (Å²) in [5.74, 6) is -1.12. The smallest absolute Gasteiger partial charge is 0.311 e. The van der Waals surface area contributed by atoms with Crippen LogP contribution in [0, 0.1) is 11.3 Å². The molecule has 1 heterocycles. The Bertz CT molecular complexity index is 979. The normalized spacial score (nSPS) is 14.6. The second-order valence-corrected chi connectivity index (χ2v) is 15.6. The fraction of sp³-hybridized carbons (Fsp3) is 0.766. The van der Waals surface area contributed by atoms with Crippen molar-refractivity contribution >= 4 is 17.9 Å². The molecule has 0 bridgehead atoms. The molecule has 1 fully saturated rings. The van der Waals surface area contributed by atoms with E-state index in [0.717, 1.165) is 103 Å². The minimum absolute atomic E-state index is 0.0653. The minimum Gasteiger partial charge on any atom is -0.465 e. The lowest BCUT2D eigenvalue weighted by Gasteiger charge is -2.32. The summed E-state index contributed by atoms with van der Waals surface area (Å²) >= 11 is 0. The van der Waals surface area contributed by atoms with Gasteiger partial charge in [-0.25, -0.2) is 0 Å². The van der Waals surface area contributed by atoms with Crippen LogP contribution in [0.15, 0.2) is 48.6 Å². The van der Waals surface area contributed by atoms with Gasteiger partial charge in [-0.1, -0.05) is 127 Å². The van der Waals surface area contributed by atoms with Crippen LogP contribution in [0.2, 0.25) is 0 Å². The van der Waals surface area contributed by atoms with Gasteiger partial charge in [0.2, 0.25) is 0 Å². The van der Waals surface area contributed by atoms with E-state index in [9.17, 15) is 14.4 Å². The zero-order chi connectivity index (χ0) is 39.2. The first kappa shape index (κ1) is 49.3. The first-order valence-corrected chi connectivity index (χ1v) is 22.2. The number of carbonyl (C=O) groups is 3. The zero-order valence-electron chi connectivity index (χ0n) is 35.1. The number of hydrogen-bond donors (Lipinski definition) is 1. The maximum Gasteiger partial charge on any atom is 0.311 e. The van der Waals surface area contributed by atoms with Crippen LogP contribution in [0.5, 0.6) is 0 Å². The Morgan fingerprint density at radius 1 is 0.519 bits per heavy atom. The molecule has 1 saturated heterocycles. The van der Waals surface area contributed by atoms with Crippen LogP contribution in [0.3, 0.4) is 0 Å². The number of esters is 3. The molecule has 1 aliphatic heterocycles. The van der Waals surface area contributed by atoms with Crippen LogP contribution in [-0.2, 0) is 28.6 Å². The maximum absolute atomic E-state index is 13.0. The van der Waals surface area contributed by atoms with Crippen molar-refractivity contribution in [3.05, 3.63) is 48.6 Å². The molecule has 0 unspecified atom stereocenters. The summed E-state index contributed by atoms with van der Waals surface area (Å²) in [6, 6.07) is 0. The van der Waals surface area contributed by atoms with Crippen molar-refractivity contribution in [1.29, 1.82) is 0 Å². The molecular weight excluding hydrogens is 675 g/mol. The third kappa shape index (κ3) is 29.7. The van der Waals surface area contributed by atoms with Gasteiger partial charge >= 0.3 is 17.9 Å². The van der Waals surface area contributed by atoms with Gasteiger partial charge in [-0.15, -0.1) is 0 Å². The number of ether oxygens (including phenoxy) is 3. The average Bonchev–Trinajstić information content (AvgIpc) is 3.17. The van der Waals surface area contributed by atoms with Gasteiger partial charge in [0, 0.05) is 12.8 Å². The topological polar surface area (TPSA) is 90.9 Å². The molecule has 0 aromatic rings. The summed E-state index contributed by atoms with van der Waals surface area (Å²) in [7, 11) is 0. The third-order valence-corrected chi connectivity index (χ3v) is 10.3. The monoisotopic (exact) mass is 756 g/mol. The molecular formula is C47H81NO6. The van der Waals surface area contributed by atoms with Crippen LogP contribution in [0.1, 0.15) is 188 Å². The van der Waals surface area contributed by atoms with Gasteiger partial charge in [0.15, 0.2) is 0 Å². The van der Waals surface area contributed by atoms with Crippen molar-refractivity contribution in [2.75, 3.05) is 32.9 Å². The number of hydrogen-bond acceptors (Lipinski definition) is 7. The van der Waals surface area contributed by atoms with E-state index in [1.165, 1.54) is 64.2 Å². The quantitative estimate of drug-likeness (QED) is 0.0298. The van der Waals surface area contributed by atoms with E-state index in [4.69, 9.17) is 14.2 Å². The predicted molar refractivity (Wildman–Crippen MR) is 225 cm³/mol. The second-order valence-electron chi connectivity index (χ2n) is 15.6. The molecule has 7 heteroatoms. The molecule has 0 aliphatic carbocycles. The molecule has 1 N–H and O–H groups in total. The molecule has 0 spiro atoms. The third-order valence-electron chi connectivity index (χ3n) is 10.3. The van der Waals surface area contributed by atoms with E-state index in [1.807, 2.05) is 6.92 Å². The minimum atomic E-state index is -0.522. The molecule has 7 nitrogen and oxygen atoms in total. The second kappa shape index (κ2) is 36.0. The Morgan fingerprint density at radius 3 is 1.31 bits per heavy atom. The largest absolute Gasteiger partial charge is 0.465 e. The number of piperidine rings is 1. The Balaban J connectivity index is 2.28. The van der Waals surface area contributed by atoms with Gasteiger partial charge in [0.05, 0.1) is 11.3 Å². The predicted octanol–water partition coefficient (Wildman–Crippen LogP) is 12.2. The molecule has 0 saturated carbocycles. The molecule has 54 heavy (non-hydrogen) atoms. The highest BCUT2D eigenvalue weighted by Gasteiger charge is 2.36. The fourth-order valence-corrected chi connectivity index (χ4v) is 6.42. The van der Waals surface area contributed by atoms with E-state index in [1.54, 1.807) is 0 Å². The van der Waals surface area contributed by atoms with Crippen molar-refractivity contribution < 1.29 is 28.6 Å². The molecule has 1 aliphatic rings. The summed E-state index contributed by atoms with van der Waals surface area (Å²) in [5, 5.41) is 3.29. The lowest BCUT2D eigenvalue weighted by molar-refractivity contribution is -0.161. The van der Waals surface area contributed by atoms with E-state index in [0.29, 0.717) is 12.8 Å². The van der Waals surface area contributed by atoms with Crippen LogP contribution >= 0.6 is 0 Å². The lowest BCUT2D eigenvalue weighted by atomic mass is 9.81. The average molecular weight is 756 g/mol. The highest BCUT2D eigenvalue weighted by atomic mass is 16.6. The van der Waals surface area contributed by atoms with Crippen molar-refractivity contribution in [2.24, 2.45) is 11.3 Å². The summed E-state index contributed by atoms with van der Waals surface area (Å²) in [6.07, 6.45) is 45.3. The summed E-state index contributed by atoms with van der Waals surface area (Å²) < 4.78 is 16.9. The lowest BCUT2D eigenvalue weighted by Crippen LogP contribution is -2.41. The Morgan fingerprint density at radius 2 is 0.889 bits per heavy atom. The molecule has 0 amide bonds. The highest BCUT2D eigenvalue weighted by Crippen LogP contribution is 2.29. The Hall–Kier alpha value is -2.67. The number of carbonyl (C=O) groups excluding carboxylic acids is 3. The SMILES string of the molecule is CCCCC/C=C\C/C=C\CCCCCCCC(=O)OCC(COC(=O)CCCCCCC/C=C\C/C=C\CCCCC)COC(=O)C1(C)CCNCC1. The standard InChI is InChI=1S/C47H81NO6/c1-4-6-8-10-12-14-16-18-20-22-24-26-28-30-32-34-44(49)52-40-43(42-54-46(51)47(3)36-38-48-39-37-47)41-53-45(50)35-33-31-29-27-25-23-21-19-17-15-13-11-9-7-5-2/h12-15,18-21,43,48H,4-11,16-17,22-42H2,1-3H3/b14-12-,15-13-,20-18-,21-19-. The van der Waals surface area contributed by atoms with Gasteiger partial charge in [-0.2, -0.15) is 0 Å². The van der Waals surface area contributed by atoms with Crippen molar-refractivity contribution in [1.82, 2.24) is 5.32 Å². The van der Waals surface area contributed by atoms with Crippen LogP contribution in [-0.4, -0.2) is 50.8 Å². The van der Waals surface area contributed by atoms with Crippen molar-refractivity contribution in [3.8, 4) is 0 Å². The summed E-state index contributed by atoms with van der Waals surface area (Å²) in [4.78, 5) is 38.1. The number of rotatable bonds is 35. The Labute approximate surface area is 331 Å². The zero-order valence-corrected chi connectivity index (χ0v) is 35.1. The van der Waals surface area contributed by atoms with Gasteiger partial charge in [-0.05, 0) is 110 Å². The first-order valence-electron chi connectivity index (χ1n) is 22.2. The highest BCUT2D eigenvalue weighted by molar-refractivity contribution is 5.76. The van der Waals surface area contributed by atoms with Gasteiger partial charge in [-0.3, -0.25) is 14.4 Å².